The van der Waals surface area contributed by atoms with Crippen molar-refractivity contribution in [1.29, 1.82) is 0 Å². The van der Waals surface area contributed by atoms with E-state index in [4.69, 9.17) is 4.74 Å². The zero-order chi connectivity index (χ0) is 15.0. The van der Waals surface area contributed by atoms with Crippen molar-refractivity contribution in [2.75, 3.05) is 19.7 Å². The van der Waals surface area contributed by atoms with Crippen molar-refractivity contribution in [3.63, 3.8) is 0 Å². The highest BCUT2D eigenvalue weighted by Gasteiger charge is 2.40. The molecule has 2 unspecified atom stereocenters. The first-order valence-electron chi connectivity index (χ1n) is 7.63. The molecule has 3 saturated heterocycles. The molecule has 0 aliphatic carbocycles. The maximum atomic E-state index is 10.5. The van der Waals surface area contributed by atoms with Gasteiger partial charge in [-0.3, -0.25) is 4.90 Å². The molecule has 3 aliphatic heterocycles. The Morgan fingerprint density at radius 2 is 1.86 bits per heavy atom. The number of nitrogens with zero attached hydrogens (tertiary/aromatic N) is 1. The quantitative estimate of drug-likeness (QED) is 0.810. The third-order valence-electron chi connectivity index (χ3n) is 4.71. The Morgan fingerprint density at radius 3 is 2.38 bits per heavy atom. The number of benzene rings is 1. The van der Waals surface area contributed by atoms with Crippen LogP contribution in [0.25, 0.3) is 0 Å². The topological polar surface area (TPSA) is 32.7 Å². The van der Waals surface area contributed by atoms with Crippen LogP contribution in [-0.4, -0.2) is 41.8 Å². The summed E-state index contributed by atoms with van der Waals surface area (Å²) >= 11 is 7.18. The van der Waals surface area contributed by atoms with Gasteiger partial charge in [-0.15, -0.1) is 0 Å². The molecule has 0 aromatic heterocycles. The largest absolute Gasteiger partial charge is 0.492 e. The second-order valence-corrected chi connectivity index (χ2v) is 7.67. The van der Waals surface area contributed by atoms with Gasteiger partial charge >= 0.3 is 0 Å². The Labute approximate surface area is 142 Å². The molecular formula is C16H21Br2NO2. The molecule has 5 heteroatoms. The van der Waals surface area contributed by atoms with E-state index in [0.717, 1.165) is 47.0 Å². The van der Waals surface area contributed by atoms with E-state index in [-0.39, 0.29) is 12.1 Å². The minimum Gasteiger partial charge on any atom is -0.492 e. The van der Waals surface area contributed by atoms with Gasteiger partial charge in [0.05, 0.1) is 21.7 Å². The molecule has 2 bridgehead atoms. The molecule has 1 aromatic carbocycles. The number of piperidine rings is 3. The van der Waals surface area contributed by atoms with E-state index in [9.17, 15) is 5.11 Å². The van der Waals surface area contributed by atoms with Gasteiger partial charge in [0.2, 0.25) is 0 Å². The lowest BCUT2D eigenvalue weighted by Gasteiger charge is -2.49. The SMILES string of the molecule is CCOc1c(Br)cc(CC2C(O)C3CCN2CC3)cc1Br. The van der Waals surface area contributed by atoms with E-state index in [1.807, 2.05) is 6.92 Å². The highest BCUT2D eigenvalue weighted by atomic mass is 79.9. The number of aliphatic hydroxyl groups is 1. The molecule has 1 N–H and O–H groups in total. The summed E-state index contributed by atoms with van der Waals surface area (Å²) in [4.78, 5) is 2.45. The van der Waals surface area contributed by atoms with Crippen LogP contribution in [0.15, 0.2) is 21.1 Å². The fourth-order valence-electron chi connectivity index (χ4n) is 3.63. The predicted molar refractivity (Wildman–Crippen MR) is 90.8 cm³/mol. The van der Waals surface area contributed by atoms with Gasteiger partial charge in [-0.25, -0.2) is 0 Å². The molecule has 0 amide bonds. The molecule has 3 fully saturated rings. The van der Waals surface area contributed by atoms with Crippen LogP contribution < -0.4 is 4.74 Å². The number of fused-ring (bicyclic) bond motifs is 3. The number of hydrogen-bond donors (Lipinski definition) is 1. The van der Waals surface area contributed by atoms with E-state index in [1.54, 1.807) is 0 Å². The van der Waals surface area contributed by atoms with Crippen molar-refractivity contribution in [1.82, 2.24) is 4.90 Å². The second-order valence-electron chi connectivity index (χ2n) is 5.96. The number of halogens is 2. The first-order chi connectivity index (χ1) is 10.1. The summed E-state index contributed by atoms with van der Waals surface area (Å²) in [5.41, 5.74) is 1.23. The summed E-state index contributed by atoms with van der Waals surface area (Å²) < 4.78 is 7.57. The molecule has 4 rings (SSSR count). The van der Waals surface area contributed by atoms with Crippen molar-refractivity contribution in [3.8, 4) is 5.75 Å². The van der Waals surface area contributed by atoms with E-state index in [0.29, 0.717) is 12.5 Å². The van der Waals surface area contributed by atoms with Crippen LogP contribution in [0.5, 0.6) is 5.75 Å². The molecule has 3 nitrogen and oxygen atoms in total. The number of aliphatic hydroxyl groups excluding tert-OH is 1. The molecule has 3 aliphatic rings. The lowest BCUT2D eigenvalue weighted by Crippen LogP contribution is -2.58. The highest BCUT2D eigenvalue weighted by Crippen LogP contribution is 2.37. The van der Waals surface area contributed by atoms with Gasteiger partial charge < -0.3 is 9.84 Å². The van der Waals surface area contributed by atoms with E-state index in [1.165, 1.54) is 5.56 Å². The smallest absolute Gasteiger partial charge is 0.147 e. The molecule has 1 aromatic rings. The Morgan fingerprint density at radius 1 is 1.24 bits per heavy atom. The zero-order valence-corrected chi connectivity index (χ0v) is 15.4. The van der Waals surface area contributed by atoms with Crippen molar-refractivity contribution < 1.29 is 9.84 Å². The van der Waals surface area contributed by atoms with Gasteiger partial charge in [-0.1, -0.05) is 0 Å². The molecular weight excluding hydrogens is 398 g/mol. The lowest BCUT2D eigenvalue weighted by molar-refractivity contribution is -0.0715. The maximum Gasteiger partial charge on any atom is 0.147 e. The van der Waals surface area contributed by atoms with Crippen LogP contribution in [-0.2, 0) is 6.42 Å². The first kappa shape index (κ1) is 15.8. The van der Waals surface area contributed by atoms with Gasteiger partial charge in [0.15, 0.2) is 0 Å². The minimum absolute atomic E-state index is 0.184. The van der Waals surface area contributed by atoms with Gasteiger partial charge in [-0.2, -0.15) is 0 Å². The van der Waals surface area contributed by atoms with Crippen LogP contribution >= 0.6 is 31.9 Å². The van der Waals surface area contributed by atoms with Crippen molar-refractivity contribution in [3.05, 3.63) is 26.6 Å². The molecule has 0 spiro atoms. The number of ether oxygens (including phenoxy) is 1. The Balaban J connectivity index is 1.79. The van der Waals surface area contributed by atoms with Crippen LogP contribution in [0.2, 0.25) is 0 Å². The highest BCUT2D eigenvalue weighted by molar-refractivity contribution is 9.11. The summed E-state index contributed by atoms with van der Waals surface area (Å²) in [7, 11) is 0. The summed E-state index contributed by atoms with van der Waals surface area (Å²) in [5.74, 6) is 1.35. The van der Waals surface area contributed by atoms with E-state index >= 15 is 0 Å². The first-order valence-corrected chi connectivity index (χ1v) is 9.21. The van der Waals surface area contributed by atoms with Crippen LogP contribution in [0.1, 0.15) is 25.3 Å². The monoisotopic (exact) mass is 417 g/mol. The van der Waals surface area contributed by atoms with Gasteiger partial charge in [0.25, 0.3) is 0 Å². The van der Waals surface area contributed by atoms with E-state index < -0.39 is 0 Å². The summed E-state index contributed by atoms with van der Waals surface area (Å²) in [6.45, 7) is 4.89. The van der Waals surface area contributed by atoms with Crippen LogP contribution in [0.4, 0.5) is 0 Å². The van der Waals surface area contributed by atoms with E-state index in [2.05, 4.69) is 48.9 Å². The molecule has 116 valence electrons. The maximum absolute atomic E-state index is 10.5. The predicted octanol–water partition coefficient (Wildman–Crippen LogP) is 3.61. The Hall–Kier alpha value is -0.100. The van der Waals surface area contributed by atoms with Crippen molar-refractivity contribution in [2.24, 2.45) is 5.92 Å². The normalized spacial score (nSPS) is 31.4. The Kier molecular flexibility index (Phi) is 4.94. The summed E-state index contributed by atoms with van der Waals surface area (Å²) in [6, 6.07) is 4.49. The fourth-order valence-corrected chi connectivity index (χ4v) is 5.14. The number of rotatable bonds is 4. The van der Waals surface area contributed by atoms with Gasteiger partial charge in [0.1, 0.15) is 5.75 Å². The zero-order valence-electron chi connectivity index (χ0n) is 12.2. The number of hydrogen-bond acceptors (Lipinski definition) is 3. The standard InChI is InChI=1S/C16H21Br2NO2/c1-2-21-16-12(17)7-10(8-13(16)18)9-14-15(20)11-3-5-19(14)6-4-11/h7-8,11,14-15,20H,2-6,9H2,1H3. The second kappa shape index (κ2) is 6.57. The van der Waals surface area contributed by atoms with Crippen LogP contribution in [0.3, 0.4) is 0 Å². The average molecular weight is 419 g/mol. The third-order valence-corrected chi connectivity index (χ3v) is 5.89. The van der Waals surface area contributed by atoms with Gasteiger partial charge in [0, 0.05) is 6.04 Å². The van der Waals surface area contributed by atoms with Gasteiger partial charge in [-0.05, 0) is 94.7 Å². The Bertz CT molecular complexity index is 490. The molecule has 2 atom stereocenters. The molecule has 3 heterocycles. The minimum atomic E-state index is -0.184. The van der Waals surface area contributed by atoms with Crippen molar-refractivity contribution >= 4 is 31.9 Å². The molecule has 0 radical (unpaired) electrons. The lowest BCUT2D eigenvalue weighted by atomic mass is 9.78. The fraction of sp³-hybridized carbons (Fsp3) is 0.625. The van der Waals surface area contributed by atoms with Crippen LogP contribution in [0, 0.1) is 5.92 Å². The molecule has 21 heavy (non-hydrogen) atoms. The summed E-state index contributed by atoms with van der Waals surface area (Å²) in [6.07, 6.45) is 3.00. The molecule has 0 saturated carbocycles. The average Bonchev–Trinajstić information content (AvgIpc) is 2.47. The summed E-state index contributed by atoms with van der Waals surface area (Å²) in [5, 5.41) is 10.5. The van der Waals surface area contributed by atoms with Crippen molar-refractivity contribution in [2.45, 2.75) is 38.3 Å². The third kappa shape index (κ3) is 3.16.